The maximum absolute atomic E-state index is 3.84. The van der Waals surface area contributed by atoms with Crippen LogP contribution in [0, 0.1) is 0 Å². The second-order valence-corrected chi connectivity index (χ2v) is 12.8. The third kappa shape index (κ3) is 3.69. The van der Waals surface area contributed by atoms with Crippen LogP contribution in [0.4, 0.5) is 0 Å². The van der Waals surface area contributed by atoms with Crippen molar-refractivity contribution in [1.29, 1.82) is 0 Å². The lowest BCUT2D eigenvalue weighted by molar-refractivity contribution is 0.578. The van der Waals surface area contributed by atoms with Crippen LogP contribution in [-0.4, -0.2) is 4.98 Å². The minimum absolute atomic E-state index is 0.000595. The zero-order valence-electron chi connectivity index (χ0n) is 21.2. The van der Waals surface area contributed by atoms with Gasteiger partial charge >= 0.3 is 0 Å². The molecular formula is C30H38NP. The van der Waals surface area contributed by atoms with Gasteiger partial charge in [-0.1, -0.05) is 105 Å². The van der Waals surface area contributed by atoms with Crippen molar-refractivity contribution in [1.82, 2.24) is 4.98 Å². The number of aromatic amines is 1. The zero-order chi connectivity index (χ0) is 23.6. The zero-order valence-corrected chi connectivity index (χ0v) is 22.4. The Morgan fingerprint density at radius 3 is 1.75 bits per heavy atom. The van der Waals surface area contributed by atoms with Crippen LogP contribution in [0.25, 0.3) is 32.9 Å². The average Bonchev–Trinajstić information content (AvgIpc) is 3.05. The Kier molecular flexibility index (Phi) is 5.38. The molecule has 0 bridgehead atoms. The third-order valence-corrected chi connectivity index (χ3v) is 7.06. The summed E-state index contributed by atoms with van der Waals surface area (Å²) in [7, 11) is 3.10. The molecule has 2 heteroatoms. The van der Waals surface area contributed by atoms with E-state index in [1.165, 1.54) is 54.9 Å². The number of aromatic nitrogens is 1. The highest BCUT2D eigenvalue weighted by atomic mass is 31.0. The van der Waals surface area contributed by atoms with Crippen LogP contribution in [0.1, 0.15) is 79.0 Å². The number of nitrogens with one attached hydrogen (secondary N) is 1. The first-order valence-electron chi connectivity index (χ1n) is 11.7. The molecule has 4 aromatic rings. The molecule has 3 aromatic carbocycles. The van der Waals surface area contributed by atoms with Crippen molar-refractivity contribution in [3.63, 3.8) is 0 Å². The van der Waals surface area contributed by atoms with Gasteiger partial charge in [-0.05, 0) is 55.4 Å². The highest BCUT2D eigenvalue weighted by Crippen LogP contribution is 2.47. The number of rotatable bonds is 1. The van der Waals surface area contributed by atoms with Crippen LogP contribution in [-0.2, 0) is 16.2 Å². The summed E-state index contributed by atoms with van der Waals surface area (Å²) in [5.41, 5.74) is 9.47. The minimum Gasteiger partial charge on any atom is -0.354 e. The van der Waals surface area contributed by atoms with E-state index in [9.17, 15) is 0 Å². The smallest absolute Gasteiger partial charge is 0.0544 e. The van der Waals surface area contributed by atoms with Crippen molar-refractivity contribution in [2.45, 2.75) is 78.6 Å². The summed E-state index contributed by atoms with van der Waals surface area (Å²) in [6.07, 6.45) is 0. The molecule has 0 fully saturated rings. The summed E-state index contributed by atoms with van der Waals surface area (Å²) in [6, 6.07) is 17.7. The Morgan fingerprint density at radius 2 is 1.22 bits per heavy atom. The topological polar surface area (TPSA) is 15.8 Å². The highest BCUT2D eigenvalue weighted by molar-refractivity contribution is 7.28. The molecule has 1 aromatic heterocycles. The fourth-order valence-corrected chi connectivity index (χ4v) is 6.05. The summed E-state index contributed by atoms with van der Waals surface area (Å²) in [6.45, 7) is 21.1. The second-order valence-electron chi connectivity index (χ2n) is 12.3. The van der Waals surface area contributed by atoms with Crippen LogP contribution < -0.4 is 5.30 Å². The fraction of sp³-hybridized carbons (Fsp3) is 0.400. The van der Waals surface area contributed by atoms with E-state index in [1.807, 2.05) is 0 Å². The van der Waals surface area contributed by atoms with E-state index < -0.39 is 0 Å². The molecule has 0 aliphatic heterocycles. The molecular weight excluding hydrogens is 405 g/mol. The van der Waals surface area contributed by atoms with Gasteiger partial charge < -0.3 is 4.98 Å². The molecule has 0 aliphatic carbocycles. The molecule has 1 atom stereocenters. The van der Waals surface area contributed by atoms with Crippen LogP contribution in [0.3, 0.4) is 0 Å². The van der Waals surface area contributed by atoms with E-state index in [0.717, 1.165) is 0 Å². The summed E-state index contributed by atoms with van der Waals surface area (Å²) in [5.74, 6) is 0. The van der Waals surface area contributed by atoms with E-state index in [-0.39, 0.29) is 16.2 Å². The van der Waals surface area contributed by atoms with Gasteiger partial charge in [0.2, 0.25) is 0 Å². The molecule has 1 nitrogen and oxygen atoms in total. The molecule has 0 saturated carbocycles. The SMILES string of the molecule is CC(C)(C)c1c(-c2ccccc2)c(C(C)(C)C)c2c([nH]c3cccc(C(C)(C)C)c32)c1P. The average molecular weight is 444 g/mol. The third-order valence-electron chi connectivity index (χ3n) is 6.48. The number of fused-ring (bicyclic) bond motifs is 3. The van der Waals surface area contributed by atoms with E-state index in [4.69, 9.17) is 0 Å². The van der Waals surface area contributed by atoms with Gasteiger partial charge in [-0.25, -0.2) is 0 Å². The Balaban J connectivity index is 2.39. The molecule has 0 aliphatic rings. The summed E-state index contributed by atoms with van der Waals surface area (Å²) < 4.78 is 0. The van der Waals surface area contributed by atoms with Crippen LogP contribution in [0.5, 0.6) is 0 Å². The van der Waals surface area contributed by atoms with Crippen LogP contribution >= 0.6 is 9.24 Å². The molecule has 168 valence electrons. The molecule has 0 saturated heterocycles. The van der Waals surface area contributed by atoms with Gasteiger partial charge in [0.15, 0.2) is 0 Å². The number of hydrogen-bond acceptors (Lipinski definition) is 0. The normalized spacial score (nSPS) is 13.3. The Hall–Kier alpha value is -2.11. The second kappa shape index (κ2) is 7.46. The van der Waals surface area contributed by atoms with Gasteiger partial charge in [0.05, 0.1) is 5.52 Å². The first-order valence-corrected chi connectivity index (χ1v) is 12.3. The Labute approximate surface area is 196 Å². The molecule has 4 rings (SSSR count). The van der Waals surface area contributed by atoms with Gasteiger partial charge in [-0.3, -0.25) is 0 Å². The minimum atomic E-state index is -0.0259. The van der Waals surface area contributed by atoms with E-state index in [0.29, 0.717) is 0 Å². The number of H-pyrrole nitrogens is 1. The van der Waals surface area contributed by atoms with Gasteiger partial charge in [-0.15, -0.1) is 9.24 Å². The van der Waals surface area contributed by atoms with E-state index in [1.54, 1.807) is 0 Å². The first kappa shape index (κ1) is 23.1. The van der Waals surface area contributed by atoms with Crippen molar-refractivity contribution < 1.29 is 0 Å². The molecule has 1 unspecified atom stereocenters. The lowest BCUT2D eigenvalue weighted by Gasteiger charge is -2.33. The maximum atomic E-state index is 3.84. The molecule has 1 heterocycles. The monoisotopic (exact) mass is 443 g/mol. The van der Waals surface area contributed by atoms with Crippen molar-refractivity contribution in [2.24, 2.45) is 0 Å². The van der Waals surface area contributed by atoms with Crippen LogP contribution in [0.15, 0.2) is 48.5 Å². The fourth-order valence-electron chi connectivity index (χ4n) is 5.26. The Bertz CT molecular complexity index is 1300. The molecule has 0 spiro atoms. The summed E-state index contributed by atoms with van der Waals surface area (Å²) >= 11 is 0. The standard InChI is InChI=1S/C30H38NP/c1-28(2,3)19-16-13-17-20-22(19)23-24(29(4,5)6)21(18-14-11-10-12-15-18)25(30(7,8)9)27(32)26(23)31-20/h10-17,31H,32H2,1-9H3. The predicted octanol–water partition coefficient (Wildman–Crippen LogP) is 8.38. The predicted molar refractivity (Wildman–Crippen MR) is 147 cm³/mol. The highest BCUT2D eigenvalue weighted by Gasteiger charge is 2.33. The van der Waals surface area contributed by atoms with Crippen molar-refractivity contribution in [3.05, 3.63) is 65.2 Å². The molecule has 0 amide bonds. The lowest BCUT2D eigenvalue weighted by Crippen LogP contribution is -2.26. The number of benzene rings is 3. The van der Waals surface area contributed by atoms with E-state index in [2.05, 4.69) is 125 Å². The largest absolute Gasteiger partial charge is 0.354 e. The van der Waals surface area contributed by atoms with Gasteiger partial charge in [-0.2, -0.15) is 0 Å². The molecule has 0 radical (unpaired) electrons. The molecule has 32 heavy (non-hydrogen) atoms. The van der Waals surface area contributed by atoms with Crippen molar-refractivity contribution >= 4 is 36.4 Å². The first-order chi connectivity index (χ1) is 14.7. The summed E-state index contributed by atoms with van der Waals surface area (Å²) in [5, 5.41) is 4.05. The maximum Gasteiger partial charge on any atom is 0.0544 e. The number of hydrogen-bond donors (Lipinski definition) is 1. The van der Waals surface area contributed by atoms with Gasteiger partial charge in [0.25, 0.3) is 0 Å². The molecule has 1 N–H and O–H groups in total. The van der Waals surface area contributed by atoms with Crippen LogP contribution in [0.2, 0.25) is 0 Å². The van der Waals surface area contributed by atoms with E-state index >= 15 is 0 Å². The van der Waals surface area contributed by atoms with Crippen molar-refractivity contribution in [2.75, 3.05) is 0 Å². The summed E-state index contributed by atoms with van der Waals surface area (Å²) in [4.78, 5) is 3.84. The quantitative estimate of drug-likeness (QED) is 0.284. The lowest BCUT2D eigenvalue weighted by atomic mass is 9.72. The van der Waals surface area contributed by atoms with Gasteiger partial charge in [0.1, 0.15) is 0 Å². The van der Waals surface area contributed by atoms with Gasteiger partial charge in [0, 0.05) is 16.3 Å². The Morgan fingerprint density at radius 1 is 0.625 bits per heavy atom. The van der Waals surface area contributed by atoms with Crippen molar-refractivity contribution in [3.8, 4) is 11.1 Å².